The fourth-order valence-corrected chi connectivity index (χ4v) is 3.09. The first-order chi connectivity index (χ1) is 12.7. The topological polar surface area (TPSA) is 73.2 Å². The van der Waals surface area contributed by atoms with Crippen molar-refractivity contribution in [2.24, 2.45) is 0 Å². The Labute approximate surface area is 155 Å². The van der Waals surface area contributed by atoms with E-state index in [2.05, 4.69) is 10.4 Å². The van der Waals surface area contributed by atoms with Crippen molar-refractivity contribution in [1.82, 2.24) is 15.1 Å². The molecule has 7 heteroatoms. The van der Waals surface area contributed by atoms with Crippen LogP contribution in [0.3, 0.4) is 0 Å². The number of carbonyl (C=O) groups is 1. The third kappa shape index (κ3) is 4.37. The van der Waals surface area contributed by atoms with E-state index in [-0.39, 0.29) is 11.5 Å². The van der Waals surface area contributed by atoms with E-state index in [1.54, 1.807) is 19.2 Å². The number of nitrogens with one attached hydrogen (secondary N) is 1. The summed E-state index contributed by atoms with van der Waals surface area (Å²) < 4.78 is 6.58. The minimum Gasteiger partial charge on any atom is -0.497 e. The maximum absolute atomic E-state index is 12.0. The van der Waals surface area contributed by atoms with Crippen LogP contribution in [-0.4, -0.2) is 29.3 Å². The monoisotopic (exact) mass is 369 g/mol. The second kappa shape index (κ2) is 8.44. The first-order valence-corrected chi connectivity index (χ1v) is 9.09. The molecule has 6 nitrogen and oxygen atoms in total. The van der Waals surface area contributed by atoms with Crippen molar-refractivity contribution in [3.05, 3.63) is 69.1 Å². The Morgan fingerprint density at radius 2 is 2.00 bits per heavy atom. The van der Waals surface area contributed by atoms with Crippen LogP contribution in [0.25, 0.3) is 11.3 Å². The summed E-state index contributed by atoms with van der Waals surface area (Å²) in [4.78, 5) is 24.6. The Kier molecular flexibility index (Phi) is 5.80. The molecule has 0 spiro atoms. The molecule has 0 bridgehead atoms. The van der Waals surface area contributed by atoms with Gasteiger partial charge in [-0.2, -0.15) is 5.10 Å². The van der Waals surface area contributed by atoms with Crippen LogP contribution >= 0.6 is 11.3 Å². The van der Waals surface area contributed by atoms with Gasteiger partial charge in [-0.25, -0.2) is 4.68 Å². The van der Waals surface area contributed by atoms with Crippen molar-refractivity contribution in [1.29, 1.82) is 0 Å². The molecule has 3 rings (SSSR count). The van der Waals surface area contributed by atoms with E-state index in [0.717, 1.165) is 17.0 Å². The number of nitrogens with zero attached hydrogens (tertiary/aromatic N) is 2. The Balaban J connectivity index is 1.60. The zero-order valence-corrected chi connectivity index (χ0v) is 15.2. The Bertz CT molecular complexity index is 918. The summed E-state index contributed by atoms with van der Waals surface area (Å²) in [5, 5.41) is 9.13. The normalized spacial score (nSPS) is 10.5. The summed E-state index contributed by atoms with van der Waals surface area (Å²) in [6.45, 7) is 0.922. The van der Waals surface area contributed by atoms with E-state index in [9.17, 15) is 9.59 Å². The molecule has 0 aliphatic carbocycles. The molecule has 0 aliphatic heterocycles. The quantitative estimate of drug-likeness (QED) is 0.650. The molecular weight excluding hydrogens is 350 g/mol. The molecule has 26 heavy (non-hydrogen) atoms. The van der Waals surface area contributed by atoms with Gasteiger partial charge in [0.15, 0.2) is 0 Å². The van der Waals surface area contributed by atoms with Crippen molar-refractivity contribution >= 4 is 17.2 Å². The standard InChI is InChI=1S/C19H19N3O3S/c1-25-15-7-5-14(6-8-15)16-9-10-18(23)22(21-16)12-3-11-20-19(24)17-4-2-13-26-17/h2,4-10,13H,3,11-12H2,1H3,(H,20,24). The molecule has 0 saturated heterocycles. The predicted octanol–water partition coefficient (Wildman–Crippen LogP) is 2.80. The number of hydrogen-bond acceptors (Lipinski definition) is 5. The van der Waals surface area contributed by atoms with Crippen LogP contribution in [0.2, 0.25) is 0 Å². The summed E-state index contributed by atoms with van der Waals surface area (Å²) in [7, 11) is 1.62. The SMILES string of the molecule is COc1ccc(-c2ccc(=O)n(CCCNC(=O)c3cccs3)n2)cc1. The van der Waals surface area contributed by atoms with Gasteiger partial charge in [0.2, 0.25) is 0 Å². The number of hydrogen-bond donors (Lipinski definition) is 1. The number of ether oxygens (including phenoxy) is 1. The molecule has 0 unspecified atom stereocenters. The van der Waals surface area contributed by atoms with Gasteiger partial charge < -0.3 is 10.1 Å². The Morgan fingerprint density at radius 3 is 2.69 bits per heavy atom. The summed E-state index contributed by atoms with van der Waals surface area (Å²) in [6.07, 6.45) is 0.621. The van der Waals surface area contributed by atoms with Crippen LogP contribution in [-0.2, 0) is 6.54 Å². The van der Waals surface area contributed by atoms with E-state index in [0.29, 0.717) is 24.4 Å². The van der Waals surface area contributed by atoms with Crippen molar-refractivity contribution < 1.29 is 9.53 Å². The van der Waals surface area contributed by atoms with Crippen molar-refractivity contribution in [2.45, 2.75) is 13.0 Å². The molecule has 2 heterocycles. The first kappa shape index (κ1) is 17.9. The van der Waals surface area contributed by atoms with E-state index in [4.69, 9.17) is 4.74 Å². The number of carbonyl (C=O) groups excluding carboxylic acids is 1. The number of benzene rings is 1. The Morgan fingerprint density at radius 1 is 1.19 bits per heavy atom. The third-order valence-corrected chi connectivity index (χ3v) is 4.70. The molecule has 0 saturated carbocycles. The van der Waals surface area contributed by atoms with Crippen LogP contribution in [0.4, 0.5) is 0 Å². The van der Waals surface area contributed by atoms with Gasteiger partial charge in [0.1, 0.15) is 5.75 Å². The van der Waals surface area contributed by atoms with Crippen LogP contribution in [0.5, 0.6) is 5.75 Å². The predicted molar refractivity (Wildman–Crippen MR) is 102 cm³/mol. The minimum atomic E-state index is -0.160. The fourth-order valence-electron chi connectivity index (χ4n) is 2.45. The van der Waals surface area contributed by atoms with E-state index < -0.39 is 0 Å². The number of aromatic nitrogens is 2. The molecule has 1 amide bonds. The number of aryl methyl sites for hydroxylation is 1. The van der Waals surface area contributed by atoms with Gasteiger partial charge in [0.25, 0.3) is 11.5 Å². The number of rotatable bonds is 7. The lowest BCUT2D eigenvalue weighted by atomic mass is 10.1. The maximum atomic E-state index is 12.0. The summed E-state index contributed by atoms with van der Waals surface area (Å²) >= 11 is 1.40. The molecule has 0 aliphatic rings. The van der Waals surface area contributed by atoms with Crippen molar-refractivity contribution in [2.75, 3.05) is 13.7 Å². The average Bonchev–Trinajstić information content (AvgIpc) is 3.21. The fraction of sp³-hybridized carbons (Fsp3) is 0.211. The van der Waals surface area contributed by atoms with Crippen LogP contribution in [0.15, 0.2) is 58.7 Å². The van der Waals surface area contributed by atoms with Crippen LogP contribution < -0.4 is 15.6 Å². The van der Waals surface area contributed by atoms with Crippen molar-refractivity contribution in [3.63, 3.8) is 0 Å². The summed E-state index contributed by atoms with van der Waals surface area (Å²) in [5.41, 5.74) is 1.47. The molecular formula is C19H19N3O3S. The lowest BCUT2D eigenvalue weighted by Gasteiger charge is -2.08. The molecule has 0 atom stereocenters. The van der Waals surface area contributed by atoms with Gasteiger partial charge in [-0.3, -0.25) is 9.59 Å². The highest BCUT2D eigenvalue weighted by atomic mass is 32.1. The zero-order valence-electron chi connectivity index (χ0n) is 14.3. The van der Waals surface area contributed by atoms with E-state index >= 15 is 0 Å². The summed E-state index contributed by atoms with van der Waals surface area (Å²) in [6, 6.07) is 14.3. The second-order valence-electron chi connectivity index (χ2n) is 5.60. The van der Waals surface area contributed by atoms with Crippen molar-refractivity contribution in [3.8, 4) is 17.0 Å². The number of amides is 1. The minimum absolute atomic E-state index is 0.0905. The smallest absolute Gasteiger partial charge is 0.266 e. The number of thiophene rings is 1. The van der Waals surface area contributed by atoms with Gasteiger partial charge in [-0.05, 0) is 48.2 Å². The lowest BCUT2D eigenvalue weighted by molar-refractivity contribution is 0.0956. The molecule has 1 aromatic carbocycles. The third-order valence-electron chi connectivity index (χ3n) is 3.83. The van der Waals surface area contributed by atoms with Gasteiger partial charge in [0.05, 0.1) is 17.7 Å². The number of methoxy groups -OCH3 is 1. The molecule has 0 fully saturated rings. The maximum Gasteiger partial charge on any atom is 0.266 e. The first-order valence-electron chi connectivity index (χ1n) is 8.21. The van der Waals surface area contributed by atoms with Crippen LogP contribution in [0.1, 0.15) is 16.1 Å². The van der Waals surface area contributed by atoms with Gasteiger partial charge in [-0.1, -0.05) is 6.07 Å². The highest BCUT2D eigenvalue weighted by Gasteiger charge is 2.06. The average molecular weight is 369 g/mol. The molecule has 0 radical (unpaired) electrons. The largest absolute Gasteiger partial charge is 0.497 e. The Hall–Kier alpha value is -2.93. The summed E-state index contributed by atoms with van der Waals surface area (Å²) in [5.74, 6) is 0.677. The molecule has 3 aromatic rings. The highest BCUT2D eigenvalue weighted by Crippen LogP contribution is 2.19. The van der Waals surface area contributed by atoms with E-state index in [1.807, 2.05) is 35.7 Å². The lowest BCUT2D eigenvalue weighted by Crippen LogP contribution is -2.27. The molecule has 134 valence electrons. The molecule has 1 N–H and O–H groups in total. The molecule has 2 aromatic heterocycles. The van der Waals surface area contributed by atoms with E-state index in [1.165, 1.54) is 22.1 Å². The second-order valence-corrected chi connectivity index (χ2v) is 6.54. The van der Waals surface area contributed by atoms with Gasteiger partial charge >= 0.3 is 0 Å². The van der Waals surface area contributed by atoms with Gasteiger partial charge in [-0.15, -0.1) is 11.3 Å². The van der Waals surface area contributed by atoms with Crippen LogP contribution in [0, 0.1) is 0 Å². The highest BCUT2D eigenvalue weighted by molar-refractivity contribution is 7.12. The zero-order chi connectivity index (χ0) is 18.4. The van der Waals surface area contributed by atoms with Gasteiger partial charge in [0, 0.05) is 24.7 Å².